The number of esters is 2. The third-order valence-electron chi connectivity index (χ3n) is 2.16. The summed E-state index contributed by atoms with van der Waals surface area (Å²) in [6.45, 7) is 2.62. The van der Waals surface area contributed by atoms with Crippen LogP contribution in [0, 0.1) is 0 Å². The van der Waals surface area contributed by atoms with Crippen LogP contribution in [-0.2, 0) is 9.59 Å². The lowest BCUT2D eigenvalue weighted by atomic mass is 10.3. The van der Waals surface area contributed by atoms with E-state index in [0.29, 0.717) is 11.5 Å². The summed E-state index contributed by atoms with van der Waals surface area (Å²) in [5, 5.41) is 17.9. The molecule has 0 fully saturated rings. The molecule has 116 valence electrons. The minimum Gasteiger partial charge on any atom is -0.508 e. The smallest absolute Gasteiger partial charge is 0.308 e. The van der Waals surface area contributed by atoms with E-state index in [2.05, 4.69) is 0 Å². The lowest BCUT2D eigenvalue weighted by molar-refractivity contribution is -0.132. The molecule has 2 aromatic carbocycles. The van der Waals surface area contributed by atoms with E-state index < -0.39 is 11.9 Å². The average Bonchev–Trinajstić information content (AvgIpc) is 2.37. The first kappa shape index (κ1) is 17.0. The summed E-state index contributed by atoms with van der Waals surface area (Å²) in [4.78, 5) is 20.8. The normalized spacial score (nSPS) is 9.18. The summed E-state index contributed by atoms with van der Waals surface area (Å²) in [5.41, 5.74) is 0. The Kier molecular flexibility index (Phi) is 6.43. The van der Waals surface area contributed by atoms with Crippen molar-refractivity contribution in [3.8, 4) is 23.0 Å². The molecule has 0 bridgehead atoms. The van der Waals surface area contributed by atoms with E-state index in [4.69, 9.17) is 19.7 Å². The molecule has 0 aliphatic carbocycles. The van der Waals surface area contributed by atoms with Gasteiger partial charge >= 0.3 is 11.9 Å². The van der Waals surface area contributed by atoms with E-state index in [0.717, 1.165) is 0 Å². The Bertz CT molecular complexity index is 593. The van der Waals surface area contributed by atoms with Crippen LogP contribution in [-0.4, -0.2) is 22.2 Å². The maximum Gasteiger partial charge on any atom is 0.308 e. The number of phenols is 2. The van der Waals surface area contributed by atoms with Crippen molar-refractivity contribution in [3.63, 3.8) is 0 Å². The van der Waals surface area contributed by atoms with Gasteiger partial charge in [-0.15, -0.1) is 0 Å². The Balaban J connectivity index is 0.000000220. The topological polar surface area (TPSA) is 93.1 Å². The number of phenolic OH excluding ortho intramolecular Hbond substituents is 2. The third-order valence-corrected chi connectivity index (χ3v) is 2.16. The Morgan fingerprint density at radius 2 is 1.14 bits per heavy atom. The van der Waals surface area contributed by atoms with Gasteiger partial charge < -0.3 is 19.7 Å². The molecule has 0 radical (unpaired) electrons. The van der Waals surface area contributed by atoms with E-state index in [1.54, 1.807) is 24.3 Å². The molecule has 6 heteroatoms. The Morgan fingerprint density at radius 1 is 0.773 bits per heavy atom. The van der Waals surface area contributed by atoms with Gasteiger partial charge in [0.15, 0.2) is 0 Å². The molecule has 0 saturated heterocycles. The van der Waals surface area contributed by atoms with Crippen molar-refractivity contribution in [1.82, 2.24) is 0 Å². The molecule has 0 aromatic heterocycles. The molecule has 0 unspecified atom stereocenters. The Hall–Kier alpha value is -3.02. The predicted octanol–water partition coefficient (Wildman–Crippen LogP) is 2.64. The summed E-state index contributed by atoms with van der Waals surface area (Å²) < 4.78 is 9.39. The van der Waals surface area contributed by atoms with Crippen molar-refractivity contribution in [2.24, 2.45) is 0 Å². The SMILES string of the molecule is CC(=O)Oc1cccc(O)c1.CC(=O)Oc1cccc(O)c1. The maximum atomic E-state index is 10.4. The van der Waals surface area contributed by atoms with Gasteiger partial charge in [0, 0.05) is 26.0 Å². The lowest BCUT2D eigenvalue weighted by Crippen LogP contribution is -2.00. The highest BCUT2D eigenvalue weighted by Crippen LogP contribution is 2.18. The Morgan fingerprint density at radius 3 is 1.41 bits per heavy atom. The van der Waals surface area contributed by atoms with Crippen LogP contribution in [0.1, 0.15) is 13.8 Å². The first-order valence-corrected chi connectivity index (χ1v) is 6.31. The van der Waals surface area contributed by atoms with Crippen LogP contribution in [0.2, 0.25) is 0 Å². The molecule has 2 N–H and O–H groups in total. The van der Waals surface area contributed by atoms with Crippen LogP contribution in [0.5, 0.6) is 23.0 Å². The fourth-order valence-corrected chi connectivity index (χ4v) is 1.43. The third kappa shape index (κ3) is 6.95. The first-order chi connectivity index (χ1) is 10.4. The number of hydrogen-bond donors (Lipinski definition) is 2. The Labute approximate surface area is 127 Å². The summed E-state index contributed by atoms with van der Waals surface area (Å²) in [7, 11) is 0. The molecule has 2 aromatic rings. The maximum absolute atomic E-state index is 10.4. The summed E-state index contributed by atoms with van der Waals surface area (Å²) in [6.07, 6.45) is 0. The highest BCUT2D eigenvalue weighted by atomic mass is 16.5. The van der Waals surface area contributed by atoms with Crippen molar-refractivity contribution in [2.75, 3.05) is 0 Å². The summed E-state index contributed by atoms with van der Waals surface area (Å²) in [5.74, 6) is 0.105. The van der Waals surface area contributed by atoms with E-state index in [9.17, 15) is 9.59 Å². The molecule has 0 spiro atoms. The van der Waals surface area contributed by atoms with Crippen molar-refractivity contribution < 1.29 is 29.3 Å². The minimum atomic E-state index is -0.393. The number of carbonyl (C=O) groups is 2. The van der Waals surface area contributed by atoms with E-state index in [1.165, 1.54) is 38.1 Å². The highest BCUT2D eigenvalue weighted by Gasteiger charge is 1.97. The molecule has 0 saturated carbocycles. The number of hydrogen-bond acceptors (Lipinski definition) is 6. The van der Waals surface area contributed by atoms with Crippen molar-refractivity contribution in [2.45, 2.75) is 13.8 Å². The van der Waals surface area contributed by atoms with Crippen molar-refractivity contribution in [1.29, 1.82) is 0 Å². The minimum absolute atomic E-state index is 0.0868. The molecular formula is C16H16O6. The van der Waals surface area contributed by atoms with Crippen molar-refractivity contribution in [3.05, 3.63) is 48.5 Å². The van der Waals surface area contributed by atoms with Gasteiger partial charge in [0.2, 0.25) is 0 Å². The average molecular weight is 304 g/mol. The van der Waals surface area contributed by atoms with Gasteiger partial charge in [0.25, 0.3) is 0 Å². The molecule has 6 nitrogen and oxygen atoms in total. The largest absolute Gasteiger partial charge is 0.508 e. The van der Waals surface area contributed by atoms with E-state index in [-0.39, 0.29) is 11.5 Å². The lowest BCUT2D eigenvalue weighted by Gasteiger charge is -1.99. The predicted molar refractivity (Wildman–Crippen MR) is 78.8 cm³/mol. The standard InChI is InChI=1S/2C8H8O3/c2*1-6(9)11-8-4-2-3-7(10)5-8/h2*2-5,10H,1H3. The van der Waals surface area contributed by atoms with Gasteiger partial charge in [-0.25, -0.2) is 0 Å². The number of ether oxygens (including phenoxy) is 2. The van der Waals surface area contributed by atoms with Gasteiger partial charge in [-0.2, -0.15) is 0 Å². The molecule has 2 rings (SSSR count). The number of aromatic hydroxyl groups is 2. The molecule has 0 atom stereocenters. The molecule has 0 aliphatic heterocycles. The van der Waals surface area contributed by atoms with Crippen molar-refractivity contribution >= 4 is 11.9 Å². The molecule has 0 amide bonds. The van der Waals surface area contributed by atoms with Crippen LogP contribution >= 0.6 is 0 Å². The van der Waals surface area contributed by atoms with Gasteiger partial charge in [0.05, 0.1) is 0 Å². The second-order valence-corrected chi connectivity index (χ2v) is 4.18. The zero-order valence-corrected chi connectivity index (χ0v) is 12.1. The van der Waals surface area contributed by atoms with Crippen LogP contribution in [0.15, 0.2) is 48.5 Å². The van der Waals surface area contributed by atoms with Gasteiger partial charge in [-0.05, 0) is 24.3 Å². The van der Waals surface area contributed by atoms with Crippen LogP contribution in [0.3, 0.4) is 0 Å². The molecular weight excluding hydrogens is 288 g/mol. The summed E-state index contributed by atoms with van der Waals surface area (Å²) >= 11 is 0. The number of carbonyl (C=O) groups excluding carboxylic acids is 2. The molecule has 0 heterocycles. The quantitative estimate of drug-likeness (QED) is 0.654. The van der Waals surface area contributed by atoms with Gasteiger partial charge in [-0.1, -0.05) is 12.1 Å². The van der Waals surface area contributed by atoms with Crippen LogP contribution in [0.4, 0.5) is 0 Å². The van der Waals surface area contributed by atoms with E-state index >= 15 is 0 Å². The molecule has 0 aliphatic rings. The summed E-state index contributed by atoms with van der Waals surface area (Å²) in [6, 6.07) is 12.2. The first-order valence-electron chi connectivity index (χ1n) is 6.31. The number of benzene rings is 2. The van der Waals surface area contributed by atoms with Gasteiger partial charge in [0.1, 0.15) is 23.0 Å². The molecule has 22 heavy (non-hydrogen) atoms. The second kappa shape index (κ2) is 8.31. The number of rotatable bonds is 2. The van der Waals surface area contributed by atoms with Gasteiger partial charge in [-0.3, -0.25) is 9.59 Å². The second-order valence-electron chi connectivity index (χ2n) is 4.18. The monoisotopic (exact) mass is 304 g/mol. The zero-order valence-electron chi connectivity index (χ0n) is 12.1. The zero-order chi connectivity index (χ0) is 16.5. The fourth-order valence-electron chi connectivity index (χ4n) is 1.43. The van der Waals surface area contributed by atoms with Crippen LogP contribution < -0.4 is 9.47 Å². The van der Waals surface area contributed by atoms with E-state index in [1.807, 2.05) is 0 Å². The fraction of sp³-hybridized carbons (Fsp3) is 0.125. The van der Waals surface area contributed by atoms with Crippen LogP contribution in [0.25, 0.3) is 0 Å². The highest BCUT2D eigenvalue weighted by molar-refractivity contribution is 5.69.